The van der Waals surface area contributed by atoms with Crippen molar-refractivity contribution in [2.75, 3.05) is 13.1 Å². The number of rotatable bonds is 2. The highest BCUT2D eigenvalue weighted by molar-refractivity contribution is 5.94. The van der Waals surface area contributed by atoms with E-state index in [4.69, 9.17) is 0 Å². The van der Waals surface area contributed by atoms with E-state index in [1.807, 2.05) is 6.92 Å². The maximum absolute atomic E-state index is 13.3. The molecule has 1 fully saturated rings. The van der Waals surface area contributed by atoms with E-state index in [0.29, 0.717) is 5.56 Å². The van der Waals surface area contributed by atoms with Crippen LogP contribution in [0, 0.1) is 5.82 Å². The van der Waals surface area contributed by atoms with E-state index in [1.54, 1.807) is 11.0 Å². The van der Waals surface area contributed by atoms with Gasteiger partial charge in [-0.3, -0.25) is 4.79 Å². The van der Waals surface area contributed by atoms with Crippen molar-refractivity contribution in [3.05, 3.63) is 35.1 Å². The third kappa shape index (κ3) is 2.23. The number of hydrogen-bond donors (Lipinski definition) is 0. The Kier molecular flexibility index (Phi) is 3.22. The minimum absolute atomic E-state index is 0.0355. The minimum atomic E-state index is -0.318. The number of carbonyl (C=O) groups excluding carboxylic acids is 1. The van der Waals surface area contributed by atoms with Crippen molar-refractivity contribution < 1.29 is 9.18 Å². The number of amides is 1. The van der Waals surface area contributed by atoms with Crippen molar-refractivity contribution in [2.24, 2.45) is 0 Å². The number of likely N-dealkylation sites (tertiary alicyclic amines) is 1. The Morgan fingerprint density at radius 3 is 2.62 bits per heavy atom. The predicted octanol–water partition coefficient (Wildman–Crippen LogP) is 2.62. The van der Waals surface area contributed by atoms with E-state index in [1.165, 1.54) is 12.1 Å². The zero-order valence-electron chi connectivity index (χ0n) is 9.50. The molecule has 1 aromatic carbocycles. The van der Waals surface area contributed by atoms with Crippen LogP contribution >= 0.6 is 0 Å². The first-order valence-corrected chi connectivity index (χ1v) is 5.79. The van der Waals surface area contributed by atoms with Crippen LogP contribution in [0.2, 0.25) is 0 Å². The lowest BCUT2D eigenvalue weighted by atomic mass is 10.1. The van der Waals surface area contributed by atoms with Gasteiger partial charge in [-0.05, 0) is 43.0 Å². The van der Waals surface area contributed by atoms with Gasteiger partial charge in [0.1, 0.15) is 5.82 Å². The summed E-state index contributed by atoms with van der Waals surface area (Å²) in [5.74, 6) is -0.353. The Bertz CT molecular complexity index is 397. The first-order chi connectivity index (χ1) is 7.70. The molecule has 1 amide bonds. The molecule has 0 spiro atoms. The molecule has 0 aromatic heterocycles. The summed E-state index contributed by atoms with van der Waals surface area (Å²) in [5.41, 5.74) is 1.36. The van der Waals surface area contributed by atoms with E-state index in [9.17, 15) is 9.18 Å². The van der Waals surface area contributed by atoms with Crippen LogP contribution in [0.3, 0.4) is 0 Å². The molecule has 1 aliphatic rings. The molecule has 0 atom stereocenters. The highest BCUT2D eigenvalue weighted by atomic mass is 19.1. The topological polar surface area (TPSA) is 20.3 Å². The highest BCUT2D eigenvalue weighted by Gasteiger charge is 2.20. The molecular formula is C13H16FNO. The van der Waals surface area contributed by atoms with Gasteiger partial charge in [0.05, 0.1) is 0 Å². The van der Waals surface area contributed by atoms with Crippen LogP contribution in [0.5, 0.6) is 0 Å². The van der Waals surface area contributed by atoms with E-state index in [2.05, 4.69) is 0 Å². The lowest BCUT2D eigenvalue weighted by Gasteiger charge is -2.15. The quantitative estimate of drug-likeness (QED) is 0.751. The minimum Gasteiger partial charge on any atom is -0.339 e. The Balaban J connectivity index is 2.24. The monoisotopic (exact) mass is 221 g/mol. The van der Waals surface area contributed by atoms with Crippen molar-refractivity contribution in [1.29, 1.82) is 0 Å². The highest BCUT2D eigenvalue weighted by Crippen LogP contribution is 2.16. The zero-order chi connectivity index (χ0) is 11.5. The molecule has 1 aromatic rings. The van der Waals surface area contributed by atoms with Crippen molar-refractivity contribution in [3.63, 3.8) is 0 Å². The Hall–Kier alpha value is -1.38. The molecule has 1 saturated heterocycles. The standard InChI is InChI=1S/C13H16FNO/c1-2-10-7-11(9-12(14)8-10)13(16)15-5-3-4-6-15/h7-9H,2-6H2,1H3. The third-order valence-electron chi connectivity index (χ3n) is 3.01. The van der Waals surface area contributed by atoms with Gasteiger partial charge in [-0.15, -0.1) is 0 Å². The van der Waals surface area contributed by atoms with Gasteiger partial charge in [-0.2, -0.15) is 0 Å². The Morgan fingerprint density at radius 1 is 1.31 bits per heavy atom. The van der Waals surface area contributed by atoms with Crippen LogP contribution < -0.4 is 0 Å². The second-order valence-corrected chi connectivity index (χ2v) is 4.20. The molecule has 2 rings (SSSR count). The Labute approximate surface area is 95.1 Å². The van der Waals surface area contributed by atoms with E-state index >= 15 is 0 Å². The van der Waals surface area contributed by atoms with Gasteiger partial charge in [-0.1, -0.05) is 6.92 Å². The maximum Gasteiger partial charge on any atom is 0.253 e. The number of aryl methyl sites for hydroxylation is 1. The van der Waals surface area contributed by atoms with Crippen LogP contribution in [0.25, 0.3) is 0 Å². The average Bonchev–Trinajstić information content (AvgIpc) is 2.80. The summed E-state index contributed by atoms with van der Waals surface area (Å²) in [6.07, 6.45) is 2.86. The Morgan fingerprint density at radius 2 is 2.00 bits per heavy atom. The van der Waals surface area contributed by atoms with Crippen molar-refractivity contribution in [3.8, 4) is 0 Å². The van der Waals surface area contributed by atoms with E-state index < -0.39 is 0 Å². The van der Waals surface area contributed by atoms with Gasteiger partial charge in [0.25, 0.3) is 5.91 Å². The summed E-state index contributed by atoms with van der Waals surface area (Å²) in [6.45, 7) is 3.56. The molecule has 0 aliphatic carbocycles. The van der Waals surface area contributed by atoms with E-state index in [0.717, 1.165) is 37.9 Å². The van der Waals surface area contributed by atoms with Crippen molar-refractivity contribution in [1.82, 2.24) is 4.90 Å². The second-order valence-electron chi connectivity index (χ2n) is 4.20. The number of hydrogen-bond acceptors (Lipinski definition) is 1. The molecule has 0 N–H and O–H groups in total. The first kappa shape index (κ1) is 11.1. The number of nitrogens with zero attached hydrogens (tertiary/aromatic N) is 1. The zero-order valence-corrected chi connectivity index (χ0v) is 9.50. The molecule has 16 heavy (non-hydrogen) atoms. The summed E-state index contributed by atoms with van der Waals surface area (Å²) in [4.78, 5) is 13.8. The normalized spacial score (nSPS) is 15.5. The molecule has 0 unspecified atom stereocenters. The fourth-order valence-electron chi connectivity index (χ4n) is 2.08. The smallest absolute Gasteiger partial charge is 0.253 e. The molecule has 2 nitrogen and oxygen atoms in total. The van der Waals surface area contributed by atoms with Crippen LogP contribution in [-0.4, -0.2) is 23.9 Å². The maximum atomic E-state index is 13.3. The number of carbonyl (C=O) groups is 1. The number of benzene rings is 1. The van der Waals surface area contributed by atoms with Crippen molar-refractivity contribution in [2.45, 2.75) is 26.2 Å². The molecule has 86 valence electrons. The van der Waals surface area contributed by atoms with Crippen LogP contribution in [0.1, 0.15) is 35.7 Å². The van der Waals surface area contributed by atoms with Gasteiger partial charge < -0.3 is 4.90 Å². The molecule has 0 radical (unpaired) electrons. The lowest BCUT2D eigenvalue weighted by Crippen LogP contribution is -2.27. The fourth-order valence-corrected chi connectivity index (χ4v) is 2.08. The largest absolute Gasteiger partial charge is 0.339 e. The summed E-state index contributed by atoms with van der Waals surface area (Å²) in [7, 11) is 0. The molecule has 0 bridgehead atoms. The summed E-state index contributed by atoms with van der Waals surface area (Å²) >= 11 is 0. The molecule has 1 aliphatic heterocycles. The van der Waals surface area contributed by atoms with Gasteiger partial charge in [-0.25, -0.2) is 4.39 Å². The molecule has 0 saturated carbocycles. The average molecular weight is 221 g/mol. The van der Waals surface area contributed by atoms with Gasteiger partial charge in [0, 0.05) is 18.7 Å². The summed E-state index contributed by atoms with van der Waals surface area (Å²) in [6, 6.07) is 4.62. The van der Waals surface area contributed by atoms with Gasteiger partial charge >= 0.3 is 0 Å². The summed E-state index contributed by atoms with van der Waals surface area (Å²) in [5, 5.41) is 0. The molecule has 3 heteroatoms. The fraction of sp³-hybridized carbons (Fsp3) is 0.462. The van der Waals surface area contributed by atoms with Crippen molar-refractivity contribution >= 4 is 5.91 Å². The predicted molar refractivity (Wildman–Crippen MR) is 60.9 cm³/mol. The number of halogens is 1. The summed E-state index contributed by atoms with van der Waals surface area (Å²) < 4.78 is 13.3. The second kappa shape index (κ2) is 4.64. The van der Waals surface area contributed by atoms with Gasteiger partial charge in [0.15, 0.2) is 0 Å². The van der Waals surface area contributed by atoms with Crippen LogP contribution in [-0.2, 0) is 6.42 Å². The van der Waals surface area contributed by atoms with Gasteiger partial charge in [0.2, 0.25) is 0 Å². The van der Waals surface area contributed by atoms with Crippen LogP contribution in [0.4, 0.5) is 4.39 Å². The SMILES string of the molecule is CCc1cc(F)cc(C(=O)N2CCCC2)c1. The third-order valence-corrected chi connectivity index (χ3v) is 3.01. The first-order valence-electron chi connectivity index (χ1n) is 5.79. The molecular weight excluding hydrogens is 205 g/mol. The molecule has 1 heterocycles. The van der Waals surface area contributed by atoms with E-state index in [-0.39, 0.29) is 11.7 Å². The lowest BCUT2D eigenvalue weighted by molar-refractivity contribution is 0.0792. The van der Waals surface area contributed by atoms with Crippen LogP contribution in [0.15, 0.2) is 18.2 Å².